The molecule has 0 aliphatic heterocycles. The minimum Gasteiger partial charge on any atom is -0.497 e. The lowest BCUT2D eigenvalue weighted by Gasteiger charge is -2.14. The van der Waals surface area contributed by atoms with Gasteiger partial charge in [0, 0.05) is 23.3 Å². The van der Waals surface area contributed by atoms with E-state index in [1.807, 2.05) is 13.8 Å². The lowest BCUT2D eigenvalue weighted by molar-refractivity contribution is -0.113. The fourth-order valence-corrected chi connectivity index (χ4v) is 3.94. The second-order valence-electron chi connectivity index (χ2n) is 7.12. The number of aryl methyl sites for hydroxylation is 1. The zero-order valence-electron chi connectivity index (χ0n) is 18.2. The van der Waals surface area contributed by atoms with Crippen molar-refractivity contribution in [2.45, 2.75) is 25.0 Å². The molecule has 0 fully saturated rings. The molecule has 0 unspecified atom stereocenters. The summed E-state index contributed by atoms with van der Waals surface area (Å²) >= 11 is 7.22. The molecule has 168 valence electrons. The van der Waals surface area contributed by atoms with Crippen molar-refractivity contribution in [3.8, 4) is 5.75 Å². The average Bonchev–Trinajstić information content (AvgIpc) is 3.14. The van der Waals surface area contributed by atoms with Gasteiger partial charge in [-0.2, -0.15) is 0 Å². The highest BCUT2D eigenvalue weighted by Gasteiger charge is 2.19. The molecular formula is C22H24ClN5O3S. The number of hydrogen-bond donors (Lipinski definition) is 2. The predicted octanol–water partition coefficient (Wildman–Crippen LogP) is 4.01. The van der Waals surface area contributed by atoms with Crippen LogP contribution in [-0.2, 0) is 11.8 Å². The monoisotopic (exact) mass is 473 g/mol. The first kappa shape index (κ1) is 23.6. The van der Waals surface area contributed by atoms with Crippen molar-refractivity contribution in [3.05, 3.63) is 64.4 Å². The summed E-state index contributed by atoms with van der Waals surface area (Å²) in [5.74, 6) is 1.05. The Balaban J connectivity index is 1.57. The molecule has 2 amide bonds. The van der Waals surface area contributed by atoms with Crippen molar-refractivity contribution < 1.29 is 14.3 Å². The molecule has 10 heteroatoms. The quantitative estimate of drug-likeness (QED) is 0.480. The van der Waals surface area contributed by atoms with Gasteiger partial charge in [0.15, 0.2) is 11.0 Å². The molecule has 1 atom stereocenters. The first-order chi connectivity index (χ1) is 15.3. The van der Waals surface area contributed by atoms with Crippen LogP contribution in [0.2, 0.25) is 5.02 Å². The number of methoxy groups -OCH3 is 1. The van der Waals surface area contributed by atoms with Crippen LogP contribution < -0.4 is 15.4 Å². The summed E-state index contributed by atoms with van der Waals surface area (Å²) < 4.78 is 6.88. The Hall–Kier alpha value is -3.04. The maximum absolute atomic E-state index is 12.5. The van der Waals surface area contributed by atoms with Crippen molar-refractivity contribution in [2.75, 3.05) is 18.2 Å². The van der Waals surface area contributed by atoms with Crippen molar-refractivity contribution in [1.82, 2.24) is 20.1 Å². The van der Waals surface area contributed by atoms with E-state index in [9.17, 15) is 9.59 Å². The van der Waals surface area contributed by atoms with Gasteiger partial charge in [-0.1, -0.05) is 23.4 Å². The predicted molar refractivity (Wildman–Crippen MR) is 125 cm³/mol. The Morgan fingerprint density at radius 3 is 2.56 bits per heavy atom. The number of halogens is 1. The minimum absolute atomic E-state index is 0.161. The van der Waals surface area contributed by atoms with Crippen molar-refractivity contribution >= 4 is 40.9 Å². The van der Waals surface area contributed by atoms with Crippen LogP contribution >= 0.6 is 23.4 Å². The summed E-state index contributed by atoms with van der Waals surface area (Å²) in [5, 5.41) is 15.3. The number of thioether (sulfide) groups is 1. The van der Waals surface area contributed by atoms with Crippen LogP contribution in [0.5, 0.6) is 5.75 Å². The molecule has 1 aromatic heterocycles. The number of nitrogens with one attached hydrogen (secondary N) is 2. The van der Waals surface area contributed by atoms with Crippen LogP contribution in [0.1, 0.15) is 34.7 Å². The highest BCUT2D eigenvalue weighted by molar-refractivity contribution is 7.99. The number of carbonyl (C=O) groups is 2. The maximum atomic E-state index is 12.5. The maximum Gasteiger partial charge on any atom is 0.251 e. The normalized spacial score (nSPS) is 11.7. The Kier molecular flexibility index (Phi) is 7.76. The molecule has 2 N–H and O–H groups in total. The Morgan fingerprint density at radius 2 is 1.91 bits per heavy atom. The molecular weight excluding hydrogens is 450 g/mol. The van der Waals surface area contributed by atoms with E-state index >= 15 is 0 Å². The smallest absolute Gasteiger partial charge is 0.251 e. The second-order valence-corrected chi connectivity index (χ2v) is 8.50. The van der Waals surface area contributed by atoms with Gasteiger partial charge in [-0.15, -0.1) is 10.2 Å². The number of anilines is 1. The van der Waals surface area contributed by atoms with Crippen LogP contribution in [-0.4, -0.2) is 39.4 Å². The van der Waals surface area contributed by atoms with Crippen molar-refractivity contribution in [3.63, 3.8) is 0 Å². The highest BCUT2D eigenvalue weighted by Crippen LogP contribution is 2.22. The van der Waals surface area contributed by atoms with Gasteiger partial charge in [0.25, 0.3) is 5.91 Å². The molecule has 0 aliphatic rings. The van der Waals surface area contributed by atoms with E-state index < -0.39 is 0 Å². The SMILES string of the molecule is COc1ccc(C(=O)N[C@@H](C)c2nnc(SCC(=O)Nc3ccc(Cl)cc3C)n2C)cc1. The van der Waals surface area contributed by atoms with Crippen molar-refractivity contribution in [1.29, 1.82) is 0 Å². The Bertz CT molecular complexity index is 1120. The fraction of sp³-hybridized carbons (Fsp3) is 0.273. The molecule has 0 radical (unpaired) electrons. The van der Waals surface area contributed by atoms with Crippen LogP contribution in [0.15, 0.2) is 47.6 Å². The third-order valence-corrected chi connectivity index (χ3v) is 6.01. The molecule has 8 nitrogen and oxygen atoms in total. The number of carbonyl (C=O) groups excluding carboxylic acids is 2. The van der Waals surface area contributed by atoms with Gasteiger partial charge in [0.2, 0.25) is 5.91 Å². The zero-order chi connectivity index (χ0) is 23.3. The average molecular weight is 474 g/mol. The van der Waals surface area contributed by atoms with E-state index in [0.29, 0.717) is 33.0 Å². The van der Waals surface area contributed by atoms with Gasteiger partial charge in [0.05, 0.1) is 18.9 Å². The molecule has 2 aromatic carbocycles. The molecule has 3 rings (SSSR count). The number of hydrogen-bond acceptors (Lipinski definition) is 6. The first-order valence-corrected chi connectivity index (χ1v) is 11.2. The van der Waals surface area contributed by atoms with Gasteiger partial charge < -0.3 is 19.9 Å². The number of rotatable bonds is 8. The van der Waals surface area contributed by atoms with Crippen LogP contribution in [0, 0.1) is 6.92 Å². The van der Waals surface area contributed by atoms with E-state index in [4.69, 9.17) is 16.3 Å². The van der Waals surface area contributed by atoms with E-state index in [2.05, 4.69) is 20.8 Å². The number of ether oxygens (including phenoxy) is 1. The van der Waals surface area contributed by atoms with Gasteiger partial charge in [0.1, 0.15) is 5.75 Å². The number of amides is 2. The molecule has 32 heavy (non-hydrogen) atoms. The summed E-state index contributed by atoms with van der Waals surface area (Å²) in [5.41, 5.74) is 2.12. The summed E-state index contributed by atoms with van der Waals surface area (Å²) in [6, 6.07) is 11.8. The molecule has 0 aliphatic carbocycles. The minimum atomic E-state index is -0.373. The Labute approximate surface area is 195 Å². The van der Waals surface area contributed by atoms with Gasteiger partial charge in [-0.25, -0.2) is 0 Å². The van der Waals surface area contributed by atoms with Crippen molar-refractivity contribution in [2.24, 2.45) is 7.05 Å². The number of benzene rings is 2. The lowest BCUT2D eigenvalue weighted by Crippen LogP contribution is -2.28. The van der Waals surface area contributed by atoms with Gasteiger partial charge in [-0.05, 0) is 61.9 Å². The summed E-state index contributed by atoms with van der Waals surface area (Å²) in [4.78, 5) is 24.8. The van der Waals surface area contributed by atoms with E-state index in [1.54, 1.807) is 61.2 Å². The number of nitrogens with zero attached hydrogens (tertiary/aromatic N) is 3. The molecule has 0 spiro atoms. The zero-order valence-corrected chi connectivity index (χ0v) is 19.8. The third-order valence-electron chi connectivity index (χ3n) is 4.75. The van der Waals surface area contributed by atoms with Gasteiger partial charge >= 0.3 is 0 Å². The second kappa shape index (κ2) is 10.5. The number of aromatic nitrogens is 3. The topological polar surface area (TPSA) is 98.1 Å². The van der Waals surface area contributed by atoms with Crippen LogP contribution in [0.4, 0.5) is 5.69 Å². The third kappa shape index (κ3) is 5.80. The van der Waals surface area contributed by atoms with E-state index in [0.717, 1.165) is 5.56 Å². The summed E-state index contributed by atoms with van der Waals surface area (Å²) in [7, 11) is 3.37. The van der Waals surface area contributed by atoms with Crippen LogP contribution in [0.25, 0.3) is 0 Å². The standard InChI is InChI=1S/C22H24ClN5O3S/c1-13-11-16(23)7-10-18(13)25-19(29)12-32-22-27-26-20(28(22)3)14(2)24-21(30)15-5-8-17(31-4)9-6-15/h5-11,14H,12H2,1-4H3,(H,24,30)(H,25,29)/t14-/m0/s1. The largest absolute Gasteiger partial charge is 0.497 e. The van der Waals surface area contributed by atoms with E-state index in [1.165, 1.54) is 11.8 Å². The van der Waals surface area contributed by atoms with Crippen LogP contribution in [0.3, 0.4) is 0 Å². The lowest BCUT2D eigenvalue weighted by atomic mass is 10.2. The molecule has 0 saturated carbocycles. The molecule has 1 heterocycles. The molecule has 0 bridgehead atoms. The molecule has 3 aromatic rings. The van der Waals surface area contributed by atoms with Gasteiger partial charge in [-0.3, -0.25) is 9.59 Å². The Morgan fingerprint density at radius 1 is 1.19 bits per heavy atom. The highest BCUT2D eigenvalue weighted by atomic mass is 35.5. The molecule has 0 saturated heterocycles. The fourth-order valence-electron chi connectivity index (χ4n) is 3.00. The first-order valence-electron chi connectivity index (χ1n) is 9.81. The summed E-state index contributed by atoms with van der Waals surface area (Å²) in [6.45, 7) is 3.71. The van der Waals surface area contributed by atoms with E-state index in [-0.39, 0.29) is 23.6 Å². The summed E-state index contributed by atoms with van der Waals surface area (Å²) in [6.07, 6.45) is 0.